The van der Waals surface area contributed by atoms with Crippen molar-refractivity contribution < 1.29 is 18.0 Å². The summed E-state index contributed by atoms with van der Waals surface area (Å²) in [5.74, 6) is -0.567. The number of hydrogen-bond acceptors (Lipinski definition) is 6. The van der Waals surface area contributed by atoms with Crippen LogP contribution >= 0.6 is 23.1 Å². The van der Waals surface area contributed by atoms with Crippen molar-refractivity contribution >= 4 is 50.6 Å². The van der Waals surface area contributed by atoms with Crippen LogP contribution in [-0.2, 0) is 26.2 Å². The monoisotopic (exact) mass is 465 g/mol. The summed E-state index contributed by atoms with van der Waals surface area (Å²) < 4.78 is 27.8. The first-order chi connectivity index (χ1) is 14.4. The number of nitrogens with zero attached hydrogens (tertiary/aromatic N) is 1. The molecule has 4 rings (SSSR count). The number of thiophene rings is 1. The topological polar surface area (TPSA) is 95.6 Å². The Hall–Kier alpha value is -1.88. The van der Waals surface area contributed by atoms with Gasteiger partial charge >= 0.3 is 0 Å². The van der Waals surface area contributed by atoms with E-state index >= 15 is 0 Å². The molecule has 3 heterocycles. The van der Waals surface area contributed by atoms with Crippen LogP contribution in [0.5, 0.6) is 0 Å². The fourth-order valence-electron chi connectivity index (χ4n) is 3.54. The second-order valence-electron chi connectivity index (χ2n) is 7.29. The van der Waals surface area contributed by atoms with E-state index in [1.54, 1.807) is 11.0 Å². The minimum absolute atomic E-state index is 0.0796. The van der Waals surface area contributed by atoms with Gasteiger partial charge in [-0.2, -0.15) is 0 Å². The van der Waals surface area contributed by atoms with E-state index < -0.39 is 21.2 Å². The van der Waals surface area contributed by atoms with Crippen molar-refractivity contribution in [1.29, 1.82) is 0 Å². The van der Waals surface area contributed by atoms with E-state index in [2.05, 4.69) is 10.0 Å². The van der Waals surface area contributed by atoms with Gasteiger partial charge in [-0.3, -0.25) is 9.59 Å². The van der Waals surface area contributed by atoms with Crippen molar-refractivity contribution in [3.63, 3.8) is 0 Å². The van der Waals surface area contributed by atoms with Crippen LogP contribution in [0.1, 0.15) is 30.6 Å². The fraction of sp³-hybridized carbons (Fsp3) is 0.400. The molecule has 1 atom stereocenters. The Morgan fingerprint density at radius 1 is 1.17 bits per heavy atom. The smallest absolute Gasteiger partial charge is 0.247 e. The third-order valence-electron chi connectivity index (χ3n) is 5.16. The lowest BCUT2D eigenvalue weighted by molar-refractivity contribution is -0.133. The minimum Gasteiger partial charge on any atom is -0.341 e. The Bertz CT molecular complexity index is 1030. The molecule has 1 saturated heterocycles. The van der Waals surface area contributed by atoms with E-state index in [-0.39, 0.29) is 17.3 Å². The van der Waals surface area contributed by atoms with Gasteiger partial charge in [-0.25, -0.2) is 13.1 Å². The Balaban J connectivity index is 1.48. The van der Waals surface area contributed by atoms with Crippen LogP contribution in [0, 0.1) is 0 Å². The summed E-state index contributed by atoms with van der Waals surface area (Å²) >= 11 is 2.66. The molecule has 2 amide bonds. The predicted molar refractivity (Wildman–Crippen MR) is 118 cm³/mol. The summed E-state index contributed by atoms with van der Waals surface area (Å²) in [6, 6.07) is 8.33. The van der Waals surface area contributed by atoms with Crippen LogP contribution in [0.2, 0.25) is 0 Å². The van der Waals surface area contributed by atoms with Gasteiger partial charge in [0.25, 0.3) is 0 Å². The first-order valence-corrected chi connectivity index (χ1v) is 13.1. The lowest BCUT2D eigenvalue weighted by atomic mass is 10.2. The molecule has 2 aliphatic rings. The first-order valence-electron chi connectivity index (χ1n) is 9.86. The lowest BCUT2D eigenvalue weighted by Gasteiger charge is -2.28. The van der Waals surface area contributed by atoms with Gasteiger partial charge in [-0.15, -0.1) is 23.1 Å². The molecule has 7 nitrogen and oxygen atoms in total. The molecule has 1 unspecified atom stereocenters. The van der Waals surface area contributed by atoms with Gasteiger partial charge in [0.1, 0.15) is 0 Å². The Morgan fingerprint density at radius 3 is 2.63 bits per heavy atom. The van der Waals surface area contributed by atoms with E-state index in [0.717, 1.165) is 30.6 Å². The summed E-state index contributed by atoms with van der Waals surface area (Å²) in [6.45, 7) is 1.58. The molecule has 1 aromatic heterocycles. The highest BCUT2D eigenvalue weighted by molar-refractivity contribution is 8.01. The van der Waals surface area contributed by atoms with E-state index in [1.165, 1.54) is 35.2 Å². The normalized spacial score (nSPS) is 19.7. The molecule has 0 aliphatic carbocycles. The van der Waals surface area contributed by atoms with Crippen molar-refractivity contribution in [1.82, 2.24) is 9.62 Å². The maximum atomic E-state index is 12.9. The van der Waals surface area contributed by atoms with Crippen molar-refractivity contribution in [3.8, 4) is 0 Å². The fourth-order valence-corrected chi connectivity index (χ4v) is 6.36. The van der Waals surface area contributed by atoms with E-state index in [4.69, 9.17) is 0 Å². The van der Waals surface area contributed by atoms with Crippen molar-refractivity contribution in [2.75, 3.05) is 18.4 Å². The molecule has 2 N–H and O–H groups in total. The van der Waals surface area contributed by atoms with E-state index in [9.17, 15) is 18.0 Å². The van der Waals surface area contributed by atoms with E-state index in [1.807, 2.05) is 17.5 Å². The molecular weight excluding hydrogens is 442 g/mol. The van der Waals surface area contributed by atoms with Gasteiger partial charge in [0, 0.05) is 29.4 Å². The zero-order valence-corrected chi connectivity index (χ0v) is 18.7. The van der Waals surface area contributed by atoms with Gasteiger partial charge in [-0.05, 0) is 42.5 Å². The second-order valence-corrected chi connectivity index (χ2v) is 11.2. The molecule has 0 saturated carbocycles. The zero-order valence-electron chi connectivity index (χ0n) is 16.3. The third-order valence-corrected chi connectivity index (χ3v) is 8.70. The molecule has 10 heteroatoms. The average molecular weight is 466 g/mol. The summed E-state index contributed by atoms with van der Waals surface area (Å²) in [5.41, 5.74) is 0.420. The molecule has 160 valence electrons. The number of thioether (sulfide) groups is 1. The maximum Gasteiger partial charge on any atom is 0.247 e. The Labute approximate surface area is 184 Å². The van der Waals surface area contributed by atoms with E-state index in [0.29, 0.717) is 23.7 Å². The van der Waals surface area contributed by atoms with Crippen molar-refractivity contribution in [2.24, 2.45) is 0 Å². The number of carbonyl (C=O) groups is 2. The highest BCUT2D eigenvalue weighted by Crippen LogP contribution is 2.38. The number of rotatable bonds is 5. The SMILES string of the molecule is O=C1Nc2cc(S(=O)(=O)NCc3cccs3)ccc2SC1C(=O)N1CCCCCC1. The summed E-state index contributed by atoms with van der Waals surface area (Å²) in [6.07, 6.45) is 4.13. The standard InChI is InChI=1S/C20H23N3O4S3/c24-19-18(20(25)23-9-3-1-2-4-10-23)29-17-8-7-15(12-16(17)22-19)30(26,27)21-13-14-6-5-11-28-14/h5-8,11-12,18,21H,1-4,9-10,13H2,(H,22,24). The third kappa shape index (κ3) is 4.72. The highest BCUT2D eigenvalue weighted by atomic mass is 32.2. The quantitative estimate of drug-likeness (QED) is 0.662. The minimum atomic E-state index is -3.72. The van der Waals surface area contributed by atoms with Gasteiger partial charge in [0.05, 0.1) is 10.6 Å². The first kappa shape index (κ1) is 21.4. The summed E-state index contributed by atoms with van der Waals surface area (Å²) in [7, 11) is -3.72. The number of hydrogen-bond donors (Lipinski definition) is 2. The number of likely N-dealkylation sites (tertiary alicyclic amines) is 1. The zero-order chi connectivity index (χ0) is 21.1. The molecule has 30 heavy (non-hydrogen) atoms. The number of carbonyl (C=O) groups excluding carboxylic acids is 2. The van der Waals surface area contributed by atoms with Gasteiger partial charge < -0.3 is 10.2 Å². The van der Waals surface area contributed by atoms with Crippen molar-refractivity contribution in [3.05, 3.63) is 40.6 Å². The number of anilines is 1. The van der Waals surface area contributed by atoms with Gasteiger partial charge in [0.2, 0.25) is 21.8 Å². The number of amides is 2. The second kappa shape index (κ2) is 9.09. The van der Waals surface area contributed by atoms with Crippen LogP contribution in [0.4, 0.5) is 5.69 Å². The van der Waals surface area contributed by atoms with Crippen LogP contribution < -0.4 is 10.0 Å². The summed E-state index contributed by atoms with van der Waals surface area (Å²) in [4.78, 5) is 29.0. The van der Waals surface area contributed by atoms with Crippen LogP contribution in [0.15, 0.2) is 45.5 Å². The molecule has 1 fully saturated rings. The molecule has 1 aromatic carbocycles. The molecule has 0 radical (unpaired) electrons. The van der Waals surface area contributed by atoms with Gasteiger partial charge in [-0.1, -0.05) is 18.9 Å². The summed E-state index contributed by atoms with van der Waals surface area (Å²) in [5, 5.41) is 3.78. The Morgan fingerprint density at radius 2 is 1.93 bits per heavy atom. The lowest BCUT2D eigenvalue weighted by Crippen LogP contribution is -2.45. The predicted octanol–water partition coefficient (Wildman–Crippen LogP) is 3.04. The maximum absolute atomic E-state index is 12.9. The average Bonchev–Trinajstić information content (AvgIpc) is 3.11. The largest absolute Gasteiger partial charge is 0.341 e. The number of nitrogens with one attached hydrogen (secondary N) is 2. The highest BCUT2D eigenvalue weighted by Gasteiger charge is 2.36. The van der Waals surface area contributed by atoms with Crippen LogP contribution in [0.25, 0.3) is 0 Å². The van der Waals surface area contributed by atoms with Gasteiger partial charge in [0.15, 0.2) is 5.25 Å². The van der Waals surface area contributed by atoms with Crippen LogP contribution in [-0.4, -0.2) is 43.5 Å². The molecular formula is C20H23N3O4S3. The molecule has 0 bridgehead atoms. The van der Waals surface area contributed by atoms with Crippen LogP contribution in [0.3, 0.4) is 0 Å². The number of fused-ring (bicyclic) bond motifs is 1. The molecule has 2 aromatic rings. The number of sulfonamides is 1. The molecule has 2 aliphatic heterocycles. The number of benzene rings is 1. The van der Waals surface area contributed by atoms with Crippen molar-refractivity contribution in [2.45, 2.75) is 47.3 Å². The Kier molecular flexibility index (Phi) is 6.47. The molecule has 0 spiro atoms.